The predicted molar refractivity (Wildman–Crippen MR) is 128 cm³/mol. The SMILES string of the molecule is Cc1cccc(NC(=O)c2cc(NC(=O)Cc3ccccc3)ccc2N2CCCCC2)n1. The Morgan fingerprint density at radius 1 is 0.906 bits per heavy atom. The number of benzene rings is 2. The van der Waals surface area contributed by atoms with Gasteiger partial charge in [-0.3, -0.25) is 9.59 Å². The number of hydrogen-bond acceptors (Lipinski definition) is 4. The minimum absolute atomic E-state index is 0.117. The summed E-state index contributed by atoms with van der Waals surface area (Å²) < 4.78 is 0. The molecule has 0 atom stereocenters. The summed E-state index contributed by atoms with van der Waals surface area (Å²) in [7, 11) is 0. The molecule has 2 amide bonds. The highest BCUT2D eigenvalue weighted by Gasteiger charge is 2.20. The zero-order chi connectivity index (χ0) is 22.3. The number of carbonyl (C=O) groups excluding carboxylic acids is 2. The summed E-state index contributed by atoms with van der Waals surface area (Å²) in [4.78, 5) is 32.4. The monoisotopic (exact) mass is 428 g/mol. The molecule has 2 heterocycles. The molecular formula is C26H28N4O2. The van der Waals surface area contributed by atoms with Crippen LogP contribution in [0.4, 0.5) is 17.2 Å². The minimum Gasteiger partial charge on any atom is -0.371 e. The lowest BCUT2D eigenvalue weighted by molar-refractivity contribution is -0.115. The van der Waals surface area contributed by atoms with Gasteiger partial charge in [-0.05, 0) is 62.1 Å². The van der Waals surface area contributed by atoms with Crippen LogP contribution < -0.4 is 15.5 Å². The van der Waals surface area contributed by atoms with Crippen molar-refractivity contribution in [3.8, 4) is 0 Å². The van der Waals surface area contributed by atoms with E-state index in [1.807, 2.05) is 61.5 Å². The van der Waals surface area contributed by atoms with Crippen molar-refractivity contribution in [1.29, 1.82) is 0 Å². The van der Waals surface area contributed by atoms with Crippen LogP contribution in [0.5, 0.6) is 0 Å². The maximum atomic E-state index is 13.2. The van der Waals surface area contributed by atoms with E-state index in [9.17, 15) is 9.59 Å². The Balaban J connectivity index is 1.57. The average Bonchev–Trinajstić information content (AvgIpc) is 2.80. The summed E-state index contributed by atoms with van der Waals surface area (Å²) in [5.74, 6) is 0.162. The van der Waals surface area contributed by atoms with Crippen LogP contribution >= 0.6 is 0 Å². The number of hydrogen-bond donors (Lipinski definition) is 2. The number of nitrogens with zero attached hydrogens (tertiary/aromatic N) is 2. The topological polar surface area (TPSA) is 74.3 Å². The van der Waals surface area contributed by atoms with Crippen molar-refractivity contribution >= 4 is 29.0 Å². The molecule has 2 N–H and O–H groups in total. The van der Waals surface area contributed by atoms with Gasteiger partial charge in [0.15, 0.2) is 0 Å². The van der Waals surface area contributed by atoms with Crippen molar-refractivity contribution in [2.45, 2.75) is 32.6 Å². The summed E-state index contributed by atoms with van der Waals surface area (Å²) in [5, 5.41) is 5.85. The summed E-state index contributed by atoms with van der Waals surface area (Å²) >= 11 is 0. The van der Waals surface area contributed by atoms with Crippen molar-refractivity contribution in [1.82, 2.24) is 4.98 Å². The maximum Gasteiger partial charge on any atom is 0.258 e. The molecule has 3 aromatic rings. The van der Waals surface area contributed by atoms with Crippen LogP contribution in [0.1, 0.15) is 40.9 Å². The second-order valence-corrected chi connectivity index (χ2v) is 8.11. The van der Waals surface area contributed by atoms with Gasteiger partial charge in [0, 0.05) is 30.2 Å². The van der Waals surface area contributed by atoms with Crippen LogP contribution in [-0.2, 0) is 11.2 Å². The molecule has 1 aliphatic rings. The van der Waals surface area contributed by atoms with E-state index in [2.05, 4.69) is 20.5 Å². The van der Waals surface area contributed by atoms with Crippen molar-refractivity contribution in [2.75, 3.05) is 28.6 Å². The van der Waals surface area contributed by atoms with Crippen LogP contribution in [-0.4, -0.2) is 29.9 Å². The zero-order valence-corrected chi connectivity index (χ0v) is 18.3. The van der Waals surface area contributed by atoms with Gasteiger partial charge >= 0.3 is 0 Å². The Hall–Kier alpha value is -3.67. The molecule has 1 saturated heterocycles. The highest BCUT2D eigenvalue weighted by atomic mass is 16.2. The van der Waals surface area contributed by atoms with Crippen molar-refractivity contribution in [3.63, 3.8) is 0 Å². The van der Waals surface area contributed by atoms with Gasteiger partial charge in [-0.1, -0.05) is 36.4 Å². The molecule has 1 aromatic heterocycles. The molecule has 1 fully saturated rings. The lowest BCUT2D eigenvalue weighted by Gasteiger charge is -2.30. The van der Waals surface area contributed by atoms with Gasteiger partial charge in [-0.2, -0.15) is 0 Å². The number of piperidine rings is 1. The molecule has 0 spiro atoms. The Kier molecular flexibility index (Phi) is 6.80. The van der Waals surface area contributed by atoms with Gasteiger partial charge < -0.3 is 15.5 Å². The first-order valence-corrected chi connectivity index (χ1v) is 11.1. The van der Waals surface area contributed by atoms with Gasteiger partial charge in [0.25, 0.3) is 5.91 Å². The van der Waals surface area contributed by atoms with Crippen LogP contribution in [0.15, 0.2) is 66.7 Å². The first-order chi connectivity index (χ1) is 15.6. The fraction of sp³-hybridized carbons (Fsp3) is 0.269. The van der Waals surface area contributed by atoms with Crippen molar-refractivity contribution in [2.24, 2.45) is 0 Å². The van der Waals surface area contributed by atoms with Gasteiger partial charge in [0.1, 0.15) is 5.82 Å². The highest BCUT2D eigenvalue weighted by molar-refractivity contribution is 6.09. The summed E-state index contributed by atoms with van der Waals surface area (Å²) in [6.45, 7) is 3.73. The Bertz CT molecular complexity index is 1090. The number of anilines is 3. The van der Waals surface area contributed by atoms with E-state index in [1.54, 1.807) is 12.1 Å². The molecule has 164 valence electrons. The third-order valence-electron chi connectivity index (χ3n) is 5.56. The third kappa shape index (κ3) is 5.52. The Morgan fingerprint density at radius 2 is 1.69 bits per heavy atom. The van der Waals surface area contributed by atoms with E-state index in [4.69, 9.17) is 0 Å². The number of aromatic nitrogens is 1. The first-order valence-electron chi connectivity index (χ1n) is 11.1. The lowest BCUT2D eigenvalue weighted by atomic mass is 10.1. The number of amides is 2. The molecule has 0 radical (unpaired) electrons. The van der Waals surface area contributed by atoms with Gasteiger partial charge in [0.2, 0.25) is 5.91 Å². The molecule has 1 aliphatic heterocycles. The second kappa shape index (κ2) is 10.1. The molecule has 6 heteroatoms. The number of rotatable bonds is 6. The third-order valence-corrected chi connectivity index (χ3v) is 5.56. The van der Waals surface area contributed by atoms with Gasteiger partial charge in [-0.15, -0.1) is 0 Å². The maximum absolute atomic E-state index is 13.2. The van der Waals surface area contributed by atoms with Crippen molar-refractivity contribution in [3.05, 3.63) is 83.6 Å². The average molecular weight is 429 g/mol. The largest absolute Gasteiger partial charge is 0.371 e. The number of pyridine rings is 1. The van der Waals surface area contributed by atoms with Crippen LogP contribution in [0, 0.1) is 6.92 Å². The summed E-state index contributed by atoms with van der Waals surface area (Å²) in [6, 6.07) is 20.7. The summed E-state index contributed by atoms with van der Waals surface area (Å²) in [5.41, 5.74) is 3.80. The molecule has 6 nitrogen and oxygen atoms in total. The molecule has 0 bridgehead atoms. The van der Waals surface area contributed by atoms with Crippen LogP contribution in [0.3, 0.4) is 0 Å². The Labute approximate surface area is 188 Å². The molecule has 2 aromatic carbocycles. The molecule has 0 saturated carbocycles. The second-order valence-electron chi connectivity index (χ2n) is 8.11. The molecular weight excluding hydrogens is 400 g/mol. The number of aryl methyl sites for hydroxylation is 1. The first kappa shape index (κ1) is 21.6. The fourth-order valence-electron chi connectivity index (χ4n) is 3.99. The molecule has 0 unspecified atom stereocenters. The normalized spacial score (nSPS) is 13.5. The smallest absolute Gasteiger partial charge is 0.258 e. The highest BCUT2D eigenvalue weighted by Crippen LogP contribution is 2.28. The molecule has 32 heavy (non-hydrogen) atoms. The van der Waals surface area contributed by atoms with E-state index in [0.29, 0.717) is 17.1 Å². The number of nitrogens with one attached hydrogen (secondary N) is 2. The molecule has 0 aliphatic carbocycles. The van der Waals surface area contributed by atoms with Gasteiger partial charge in [-0.25, -0.2) is 4.98 Å². The van der Waals surface area contributed by atoms with E-state index in [1.165, 1.54) is 6.42 Å². The lowest BCUT2D eigenvalue weighted by Crippen LogP contribution is -2.31. The van der Waals surface area contributed by atoms with Crippen LogP contribution in [0.25, 0.3) is 0 Å². The van der Waals surface area contributed by atoms with Crippen LogP contribution in [0.2, 0.25) is 0 Å². The van der Waals surface area contributed by atoms with E-state index in [0.717, 1.165) is 42.9 Å². The zero-order valence-electron chi connectivity index (χ0n) is 18.3. The van der Waals surface area contributed by atoms with Crippen molar-refractivity contribution < 1.29 is 9.59 Å². The Morgan fingerprint density at radius 3 is 2.44 bits per heavy atom. The van der Waals surface area contributed by atoms with Gasteiger partial charge in [0.05, 0.1) is 12.0 Å². The summed E-state index contributed by atoms with van der Waals surface area (Å²) in [6.07, 6.45) is 3.70. The number of carbonyl (C=O) groups is 2. The fourth-order valence-corrected chi connectivity index (χ4v) is 3.99. The van der Waals surface area contributed by atoms with E-state index < -0.39 is 0 Å². The molecule has 4 rings (SSSR count). The quantitative estimate of drug-likeness (QED) is 0.591. The predicted octanol–water partition coefficient (Wildman–Crippen LogP) is 4.81. The standard InChI is InChI=1S/C26H28N4O2/c1-19-9-8-12-24(27-19)29-26(32)22-18-21(13-14-23(22)30-15-6-3-7-16-30)28-25(31)17-20-10-4-2-5-11-20/h2,4-5,8-14,18H,3,6-7,15-17H2,1H3,(H,28,31)(H,27,29,32). The van der Waals surface area contributed by atoms with E-state index >= 15 is 0 Å². The minimum atomic E-state index is -0.233. The van der Waals surface area contributed by atoms with E-state index in [-0.39, 0.29) is 18.2 Å².